The lowest BCUT2D eigenvalue weighted by Crippen LogP contribution is -2.22. The molecule has 156 valence electrons. The minimum absolute atomic E-state index is 0.00687. The minimum Gasteiger partial charge on any atom is -0.369 e. The van der Waals surface area contributed by atoms with Crippen molar-refractivity contribution in [2.45, 2.75) is 10.9 Å². The first kappa shape index (κ1) is 20.2. The molecular weight excluding hydrogens is 421 g/mol. The highest BCUT2D eigenvalue weighted by Crippen LogP contribution is 2.21. The monoisotopic (exact) mass is 437 g/mol. The summed E-state index contributed by atoms with van der Waals surface area (Å²) >= 11 is 1.32. The third kappa shape index (κ3) is 5.30. The Morgan fingerprint density at radius 2 is 1.97 bits per heavy atom. The molecule has 0 aliphatic carbocycles. The Morgan fingerprint density at radius 1 is 1.19 bits per heavy atom. The average molecular weight is 437 g/mol. The number of tetrazole rings is 1. The number of H-pyrrole nitrogens is 1. The maximum Gasteiger partial charge on any atom is 0.252 e. The largest absolute Gasteiger partial charge is 0.369 e. The van der Waals surface area contributed by atoms with E-state index in [9.17, 15) is 9.18 Å². The highest BCUT2D eigenvalue weighted by Gasteiger charge is 2.10. The number of thioether (sulfide) groups is 1. The third-order valence-corrected chi connectivity index (χ3v) is 4.87. The van der Waals surface area contributed by atoms with Crippen LogP contribution < -0.4 is 16.6 Å². The molecule has 4 aromatic rings. The van der Waals surface area contributed by atoms with Crippen LogP contribution in [0, 0.1) is 5.82 Å². The van der Waals surface area contributed by atoms with Crippen molar-refractivity contribution in [2.24, 2.45) is 10.7 Å². The number of nitrogens with two attached hydrogens (primary N) is 1. The van der Waals surface area contributed by atoms with Gasteiger partial charge < -0.3 is 11.1 Å². The van der Waals surface area contributed by atoms with Gasteiger partial charge in [0.15, 0.2) is 0 Å². The van der Waals surface area contributed by atoms with Gasteiger partial charge in [0.25, 0.3) is 5.56 Å². The number of aromatic amines is 1. The highest BCUT2D eigenvalue weighted by atomic mass is 32.2. The molecule has 0 aliphatic rings. The lowest BCUT2D eigenvalue weighted by molar-refractivity contribution is 0.628. The molecule has 10 nitrogen and oxygen atoms in total. The lowest BCUT2D eigenvalue weighted by Gasteiger charge is -2.06. The molecular formula is C19H16FN9OS. The predicted octanol–water partition coefficient (Wildman–Crippen LogP) is 2.24. The molecule has 4 rings (SSSR count). The zero-order valence-electron chi connectivity index (χ0n) is 15.9. The molecule has 12 heteroatoms. The summed E-state index contributed by atoms with van der Waals surface area (Å²) < 4.78 is 14.6. The van der Waals surface area contributed by atoms with E-state index in [1.807, 2.05) is 30.3 Å². The molecule has 31 heavy (non-hydrogen) atoms. The van der Waals surface area contributed by atoms with Crippen LogP contribution in [0.15, 0.2) is 75.6 Å². The van der Waals surface area contributed by atoms with Gasteiger partial charge in [0.2, 0.25) is 17.1 Å². The first-order valence-corrected chi connectivity index (χ1v) is 9.99. The minimum atomic E-state index is -0.374. The van der Waals surface area contributed by atoms with Crippen molar-refractivity contribution >= 4 is 29.4 Å². The molecule has 0 saturated carbocycles. The number of anilines is 1. The number of hydrogen-bond acceptors (Lipinski definition) is 7. The summed E-state index contributed by atoms with van der Waals surface area (Å²) in [7, 11) is 0. The van der Waals surface area contributed by atoms with E-state index in [0.717, 1.165) is 5.69 Å². The first-order chi connectivity index (χ1) is 15.1. The lowest BCUT2D eigenvalue weighted by atomic mass is 10.3. The quantitative estimate of drug-likeness (QED) is 0.237. The molecule has 0 fully saturated rings. The maximum atomic E-state index is 13.0. The molecule has 2 heterocycles. The summed E-state index contributed by atoms with van der Waals surface area (Å²) in [6.45, 7) is 0. The summed E-state index contributed by atoms with van der Waals surface area (Å²) in [5, 5.41) is 15.1. The summed E-state index contributed by atoms with van der Waals surface area (Å²) in [6.07, 6.45) is 0. The molecule has 0 radical (unpaired) electrons. The number of aliphatic imine (C=N–C) groups is 1. The van der Waals surface area contributed by atoms with Crippen molar-refractivity contribution in [2.75, 3.05) is 5.32 Å². The normalized spacial score (nSPS) is 11.5. The molecule has 0 bridgehead atoms. The number of aromatic nitrogens is 6. The summed E-state index contributed by atoms with van der Waals surface area (Å²) in [4.78, 5) is 22.9. The van der Waals surface area contributed by atoms with E-state index in [-0.39, 0.29) is 23.3 Å². The van der Waals surface area contributed by atoms with E-state index < -0.39 is 0 Å². The molecule has 0 unspecified atom stereocenters. The number of guanidine groups is 1. The molecule has 0 aliphatic heterocycles. The van der Waals surface area contributed by atoms with Crippen LogP contribution in [0.5, 0.6) is 0 Å². The van der Waals surface area contributed by atoms with E-state index in [1.54, 1.807) is 4.68 Å². The van der Waals surface area contributed by atoms with E-state index in [4.69, 9.17) is 5.73 Å². The van der Waals surface area contributed by atoms with Gasteiger partial charge in [-0.3, -0.25) is 9.78 Å². The topological polar surface area (TPSA) is 140 Å². The van der Waals surface area contributed by atoms with Crippen LogP contribution >= 0.6 is 11.8 Å². The SMILES string of the molecule is N/C(=N\c1nc(CSc2nnnn2-c2ccccc2)cc(=O)[nH]1)Nc1ccc(F)cc1. The van der Waals surface area contributed by atoms with Gasteiger partial charge in [0.05, 0.1) is 11.4 Å². The fourth-order valence-electron chi connectivity index (χ4n) is 2.58. The van der Waals surface area contributed by atoms with Crippen LogP contribution in [0.2, 0.25) is 0 Å². The first-order valence-electron chi connectivity index (χ1n) is 9.00. The van der Waals surface area contributed by atoms with Gasteiger partial charge in [-0.15, -0.1) is 5.10 Å². The fourth-order valence-corrected chi connectivity index (χ4v) is 3.37. The number of nitrogens with zero attached hydrogens (tertiary/aromatic N) is 6. The molecule has 0 spiro atoms. The van der Waals surface area contributed by atoms with Crippen molar-refractivity contribution in [1.29, 1.82) is 0 Å². The van der Waals surface area contributed by atoms with E-state index >= 15 is 0 Å². The van der Waals surface area contributed by atoms with Crippen LogP contribution in [-0.4, -0.2) is 36.1 Å². The second-order valence-corrected chi connectivity index (χ2v) is 7.13. The van der Waals surface area contributed by atoms with Gasteiger partial charge in [-0.1, -0.05) is 30.0 Å². The second kappa shape index (κ2) is 9.17. The van der Waals surface area contributed by atoms with Crippen molar-refractivity contribution in [3.05, 3.63) is 82.5 Å². The number of rotatable bonds is 6. The van der Waals surface area contributed by atoms with Gasteiger partial charge >= 0.3 is 0 Å². The zero-order valence-corrected chi connectivity index (χ0v) is 16.8. The van der Waals surface area contributed by atoms with Crippen LogP contribution in [0.1, 0.15) is 5.69 Å². The van der Waals surface area contributed by atoms with E-state index in [1.165, 1.54) is 42.1 Å². The Kier molecular flexibility index (Phi) is 5.98. The fraction of sp³-hybridized carbons (Fsp3) is 0.0526. The summed E-state index contributed by atoms with van der Waals surface area (Å²) in [5.74, 6) is 0.00583. The average Bonchev–Trinajstić information content (AvgIpc) is 3.23. The van der Waals surface area contributed by atoms with Crippen LogP contribution in [-0.2, 0) is 5.75 Å². The molecule has 2 aromatic heterocycles. The highest BCUT2D eigenvalue weighted by molar-refractivity contribution is 7.98. The van der Waals surface area contributed by atoms with Crippen LogP contribution in [0.3, 0.4) is 0 Å². The van der Waals surface area contributed by atoms with Gasteiger partial charge in [0.1, 0.15) is 5.82 Å². The van der Waals surface area contributed by atoms with Crippen LogP contribution in [0.4, 0.5) is 16.0 Å². The summed E-state index contributed by atoms with van der Waals surface area (Å²) in [6, 6.07) is 16.4. The standard InChI is InChI=1S/C19H16FN9OS/c20-12-6-8-13(9-7-12)22-17(21)25-18-23-14(10-16(30)24-18)11-31-19-26-27-28-29(19)15-4-2-1-3-5-15/h1-10H,11H2,(H4,21,22,23,24,25,30). The molecule has 2 aromatic carbocycles. The number of halogens is 1. The van der Waals surface area contributed by atoms with Crippen molar-refractivity contribution in [3.63, 3.8) is 0 Å². The molecule has 0 amide bonds. The van der Waals surface area contributed by atoms with Crippen molar-refractivity contribution in [3.8, 4) is 5.69 Å². The second-order valence-electron chi connectivity index (χ2n) is 6.19. The number of hydrogen-bond donors (Lipinski definition) is 3. The maximum absolute atomic E-state index is 13.0. The Balaban J connectivity index is 1.48. The number of para-hydroxylation sites is 1. The molecule has 4 N–H and O–H groups in total. The van der Waals surface area contributed by atoms with Crippen LogP contribution in [0.25, 0.3) is 5.69 Å². The van der Waals surface area contributed by atoms with Crippen molar-refractivity contribution in [1.82, 2.24) is 30.2 Å². The zero-order chi connectivity index (χ0) is 21.6. The van der Waals surface area contributed by atoms with Gasteiger partial charge in [-0.2, -0.15) is 9.67 Å². The smallest absolute Gasteiger partial charge is 0.252 e. The number of nitrogens with one attached hydrogen (secondary N) is 2. The Bertz CT molecular complexity index is 1260. The molecule has 0 saturated heterocycles. The molecule has 0 atom stereocenters. The van der Waals surface area contributed by atoms with Gasteiger partial charge in [-0.05, 0) is 46.8 Å². The van der Waals surface area contributed by atoms with Gasteiger partial charge in [-0.25, -0.2) is 9.37 Å². The van der Waals surface area contributed by atoms with Gasteiger partial charge in [0, 0.05) is 17.5 Å². The Labute approximate surface area is 179 Å². The predicted molar refractivity (Wildman–Crippen MR) is 115 cm³/mol. The van der Waals surface area contributed by atoms with E-state index in [2.05, 4.69) is 35.8 Å². The number of benzene rings is 2. The Hall–Kier alpha value is -4.06. The van der Waals surface area contributed by atoms with E-state index in [0.29, 0.717) is 22.3 Å². The summed E-state index contributed by atoms with van der Waals surface area (Å²) in [5.41, 5.74) is 7.33. The van der Waals surface area contributed by atoms with Crippen molar-refractivity contribution < 1.29 is 4.39 Å². The Morgan fingerprint density at radius 3 is 2.74 bits per heavy atom. The third-order valence-electron chi connectivity index (χ3n) is 3.92.